The summed E-state index contributed by atoms with van der Waals surface area (Å²) in [5, 5.41) is 0.237. The molecule has 0 radical (unpaired) electrons. The Kier molecular flexibility index (Phi) is 4.67. The maximum Gasteiger partial charge on any atom is 0.264 e. The maximum atomic E-state index is 11.2. The Morgan fingerprint density at radius 3 is 2.08 bits per heavy atom. The first-order chi connectivity index (χ1) is 5.45. The number of carbonyl (C=O) groups is 1. The van der Waals surface area contributed by atoms with E-state index in [9.17, 15) is 4.79 Å². The van der Waals surface area contributed by atoms with Crippen LogP contribution in [-0.4, -0.2) is 24.9 Å². The van der Waals surface area contributed by atoms with Crippen LogP contribution in [0.4, 0.5) is 0 Å². The third-order valence-corrected chi connectivity index (χ3v) is 1.46. The number of halogens is 1. The zero-order chi connectivity index (χ0) is 9.72. The van der Waals surface area contributed by atoms with Crippen molar-refractivity contribution >= 4 is 17.5 Å². The van der Waals surface area contributed by atoms with Gasteiger partial charge >= 0.3 is 0 Å². The van der Waals surface area contributed by atoms with Gasteiger partial charge in [-0.2, -0.15) is 0 Å². The summed E-state index contributed by atoms with van der Waals surface area (Å²) in [5.74, 6) is -0.172. The first kappa shape index (κ1) is 11.2. The standard InChI is InChI=1S/C9H14ClNO/c1-7(2)5-6-8(10)9(12)11(3)4/h5-6H,1-4H3. The molecular formula is C9H14ClNO. The molecule has 2 nitrogen and oxygen atoms in total. The molecule has 0 aliphatic carbocycles. The second kappa shape index (κ2) is 4.99. The molecule has 68 valence electrons. The number of amides is 1. The van der Waals surface area contributed by atoms with E-state index in [1.807, 2.05) is 19.9 Å². The molecular weight excluding hydrogens is 174 g/mol. The second-order valence-corrected chi connectivity index (χ2v) is 3.37. The second-order valence-electron chi connectivity index (χ2n) is 2.96. The van der Waals surface area contributed by atoms with Crippen molar-refractivity contribution in [2.45, 2.75) is 13.8 Å². The van der Waals surface area contributed by atoms with E-state index in [0.717, 1.165) is 5.57 Å². The predicted molar refractivity (Wildman–Crippen MR) is 52.1 cm³/mol. The molecule has 0 heterocycles. The number of carbonyl (C=O) groups excluding carboxylic acids is 1. The van der Waals surface area contributed by atoms with Crippen LogP contribution in [0.2, 0.25) is 0 Å². The topological polar surface area (TPSA) is 20.3 Å². The van der Waals surface area contributed by atoms with Crippen LogP contribution in [0, 0.1) is 0 Å². The van der Waals surface area contributed by atoms with Crippen LogP contribution in [-0.2, 0) is 4.79 Å². The van der Waals surface area contributed by atoms with E-state index >= 15 is 0 Å². The summed E-state index contributed by atoms with van der Waals surface area (Å²) in [5.41, 5.74) is 1.11. The molecule has 0 fully saturated rings. The molecule has 0 aromatic carbocycles. The van der Waals surface area contributed by atoms with Crippen LogP contribution >= 0.6 is 11.6 Å². The van der Waals surface area contributed by atoms with E-state index in [4.69, 9.17) is 11.6 Å². The Balaban J connectivity index is 4.39. The third-order valence-electron chi connectivity index (χ3n) is 1.17. The van der Waals surface area contributed by atoms with Crippen molar-refractivity contribution in [1.82, 2.24) is 4.90 Å². The van der Waals surface area contributed by atoms with E-state index in [1.54, 1.807) is 20.2 Å². The average molecular weight is 188 g/mol. The summed E-state index contributed by atoms with van der Waals surface area (Å²) in [6, 6.07) is 0. The third kappa shape index (κ3) is 4.19. The van der Waals surface area contributed by atoms with E-state index in [2.05, 4.69) is 0 Å². The molecule has 3 heteroatoms. The van der Waals surface area contributed by atoms with Crippen molar-refractivity contribution in [2.24, 2.45) is 0 Å². The van der Waals surface area contributed by atoms with Crippen molar-refractivity contribution < 1.29 is 4.79 Å². The molecule has 0 aliphatic rings. The number of allylic oxidation sites excluding steroid dienone is 3. The molecule has 0 bridgehead atoms. The Morgan fingerprint density at radius 2 is 1.75 bits per heavy atom. The van der Waals surface area contributed by atoms with Crippen molar-refractivity contribution in [2.75, 3.05) is 14.1 Å². The molecule has 0 aliphatic heterocycles. The molecule has 0 unspecified atom stereocenters. The number of likely N-dealkylation sites (N-methyl/N-ethyl adjacent to an activating group) is 1. The van der Waals surface area contributed by atoms with E-state index in [0.29, 0.717) is 0 Å². The zero-order valence-electron chi connectivity index (χ0n) is 7.89. The van der Waals surface area contributed by atoms with Crippen molar-refractivity contribution in [3.63, 3.8) is 0 Å². The predicted octanol–water partition coefficient (Wildman–Crippen LogP) is 2.16. The lowest BCUT2D eigenvalue weighted by Gasteiger charge is -2.07. The summed E-state index contributed by atoms with van der Waals surface area (Å²) in [6.45, 7) is 3.89. The van der Waals surface area contributed by atoms with Crippen molar-refractivity contribution in [3.05, 3.63) is 22.8 Å². The molecule has 0 spiro atoms. The highest BCUT2D eigenvalue weighted by Crippen LogP contribution is 2.05. The van der Waals surface area contributed by atoms with Gasteiger partial charge in [0.05, 0.1) is 0 Å². The van der Waals surface area contributed by atoms with Crippen LogP contribution in [0.15, 0.2) is 22.8 Å². The van der Waals surface area contributed by atoms with Gasteiger partial charge < -0.3 is 4.90 Å². The molecule has 0 rings (SSSR count). The van der Waals surface area contributed by atoms with Crippen LogP contribution in [0.5, 0.6) is 0 Å². The van der Waals surface area contributed by atoms with Gasteiger partial charge in [0.15, 0.2) is 0 Å². The fraction of sp³-hybridized carbons (Fsp3) is 0.444. The highest BCUT2D eigenvalue weighted by molar-refractivity contribution is 6.42. The van der Waals surface area contributed by atoms with E-state index in [-0.39, 0.29) is 10.9 Å². The summed E-state index contributed by atoms with van der Waals surface area (Å²) in [4.78, 5) is 12.6. The van der Waals surface area contributed by atoms with Gasteiger partial charge in [-0.05, 0) is 19.9 Å². The molecule has 0 N–H and O–H groups in total. The fourth-order valence-electron chi connectivity index (χ4n) is 0.525. The minimum Gasteiger partial charge on any atom is -0.344 e. The van der Waals surface area contributed by atoms with E-state index < -0.39 is 0 Å². The van der Waals surface area contributed by atoms with Gasteiger partial charge in [-0.25, -0.2) is 0 Å². The lowest BCUT2D eigenvalue weighted by molar-refractivity contribution is -0.124. The van der Waals surface area contributed by atoms with Crippen LogP contribution in [0.3, 0.4) is 0 Å². The largest absolute Gasteiger partial charge is 0.344 e. The summed E-state index contributed by atoms with van der Waals surface area (Å²) in [6.07, 6.45) is 3.42. The Bertz CT molecular complexity index is 225. The summed E-state index contributed by atoms with van der Waals surface area (Å²) < 4.78 is 0. The molecule has 0 atom stereocenters. The molecule has 12 heavy (non-hydrogen) atoms. The van der Waals surface area contributed by atoms with Crippen molar-refractivity contribution in [1.29, 1.82) is 0 Å². The van der Waals surface area contributed by atoms with Gasteiger partial charge in [0.2, 0.25) is 0 Å². The first-order valence-corrected chi connectivity index (χ1v) is 4.05. The first-order valence-electron chi connectivity index (χ1n) is 3.67. The molecule has 0 saturated heterocycles. The van der Waals surface area contributed by atoms with Crippen molar-refractivity contribution in [3.8, 4) is 0 Å². The minimum absolute atomic E-state index is 0.172. The number of hydrogen-bond acceptors (Lipinski definition) is 1. The van der Waals surface area contributed by atoms with Gasteiger partial charge in [-0.3, -0.25) is 4.79 Å². The number of rotatable bonds is 2. The number of nitrogens with zero attached hydrogens (tertiary/aromatic N) is 1. The molecule has 1 amide bonds. The molecule has 0 saturated carbocycles. The highest BCUT2D eigenvalue weighted by atomic mass is 35.5. The Labute approximate surface area is 78.5 Å². The van der Waals surface area contributed by atoms with Gasteiger partial charge in [0.1, 0.15) is 5.03 Å². The highest BCUT2D eigenvalue weighted by Gasteiger charge is 2.06. The normalized spacial score (nSPS) is 10.9. The summed E-state index contributed by atoms with van der Waals surface area (Å²) in [7, 11) is 3.34. The smallest absolute Gasteiger partial charge is 0.264 e. The Morgan fingerprint density at radius 1 is 1.25 bits per heavy atom. The molecule has 0 aromatic heterocycles. The fourth-order valence-corrected chi connectivity index (χ4v) is 0.757. The minimum atomic E-state index is -0.172. The Hall–Kier alpha value is -0.760. The average Bonchev–Trinajstić information content (AvgIpc) is 1.98. The van der Waals surface area contributed by atoms with Crippen LogP contribution in [0.1, 0.15) is 13.8 Å². The van der Waals surface area contributed by atoms with Crippen LogP contribution in [0.25, 0.3) is 0 Å². The lowest BCUT2D eigenvalue weighted by Crippen LogP contribution is -2.21. The van der Waals surface area contributed by atoms with Gasteiger partial charge in [0.25, 0.3) is 5.91 Å². The van der Waals surface area contributed by atoms with Gasteiger partial charge in [-0.1, -0.05) is 23.3 Å². The SMILES string of the molecule is CC(C)=CC=C(Cl)C(=O)N(C)C. The zero-order valence-corrected chi connectivity index (χ0v) is 8.64. The summed E-state index contributed by atoms with van der Waals surface area (Å²) >= 11 is 5.70. The number of hydrogen-bond donors (Lipinski definition) is 0. The maximum absolute atomic E-state index is 11.2. The van der Waals surface area contributed by atoms with E-state index in [1.165, 1.54) is 4.90 Å². The molecule has 0 aromatic rings. The van der Waals surface area contributed by atoms with Crippen LogP contribution < -0.4 is 0 Å². The quantitative estimate of drug-likeness (QED) is 0.479. The monoisotopic (exact) mass is 187 g/mol. The van der Waals surface area contributed by atoms with Gasteiger partial charge in [0, 0.05) is 14.1 Å². The lowest BCUT2D eigenvalue weighted by atomic mass is 10.3. The van der Waals surface area contributed by atoms with Gasteiger partial charge in [-0.15, -0.1) is 0 Å².